The molecule has 0 radical (unpaired) electrons. The largest absolute Gasteiger partial charge is 0.481 e. The number of carboxylic acids is 1. The van der Waals surface area contributed by atoms with Gasteiger partial charge in [-0.3, -0.25) is 14.4 Å². The van der Waals surface area contributed by atoms with E-state index >= 15 is 0 Å². The molecule has 0 aliphatic heterocycles. The van der Waals surface area contributed by atoms with Crippen molar-refractivity contribution in [1.82, 2.24) is 0 Å². The van der Waals surface area contributed by atoms with Gasteiger partial charge in [-0.15, -0.1) is 0 Å². The minimum Gasteiger partial charge on any atom is -0.481 e. The molecule has 0 bridgehead atoms. The van der Waals surface area contributed by atoms with Crippen LogP contribution in [0.15, 0.2) is 11.6 Å². The van der Waals surface area contributed by atoms with Crippen molar-refractivity contribution in [2.75, 3.05) is 0 Å². The number of aliphatic carboxylic acids is 1. The number of carbonyl (C=O) groups is 3. The van der Waals surface area contributed by atoms with Crippen LogP contribution in [-0.2, 0) is 19.1 Å². The van der Waals surface area contributed by atoms with Gasteiger partial charge in [-0.2, -0.15) is 0 Å². The summed E-state index contributed by atoms with van der Waals surface area (Å²) in [5.74, 6) is -0.280. The van der Waals surface area contributed by atoms with E-state index in [4.69, 9.17) is 4.74 Å². The molecule has 37 heavy (non-hydrogen) atoms. The van der Waals surface area contributed by atoms with Gasteiger partial charge >= 0.3 is 11.9 Å². The van der Waals surface area contributed by atoms with E-state index in [-0.39, 0.29) is 56.8 Å². The van der Waals surface area contributed by atoms with E-state index < -0.39 is 11.4 Å². The molecule has 1 unspecified atom stereocenters. The second-order valence-electron chi connectivity index (χ2n) is 15.5. The van der Waals surface area contributed by atoms with Gasteiger partial charge in [-0.1, -0.05) is 47.1 Å². The summed E-state index contributed by atoms with van der Waals surface area (Å²) in [6.45, 7) is 17.4. The van der Waals surface area contributed by atoms with Crippen LogP contribution in [0.25, 0.3) is 0 Å². The van der Waals surface area contributed by atoms with Crippen LogP contribution in [0, 0.1) is 50.2 Å². The molecule has 0 amide bonds. The fourth-order valence-corrected chi connectivity index (χ4v) is 10.8. The SMILES string of the molecule is CC(=O)O[C@H]1CC[C@]2(C)[C@H]3C(=O)C=C4[C@@H]5CC(C)(C(=O)O)CC[C@]5(C)CC[C@@]4(C)[C@]3(C)CC[C@H]2C1(C)C. The van der Waals surface area contributed by atoms with E-state index in [0.29, 0.717) is 18.8 Å². The summed E-state index contributed by atoms with van der Waals surface area (Å²) in [6.07, 6.45) is 10.0. The van der Waals surface area contributed by atoms with E-state index in [1.165, 1.54) is 12.5 Å². The van der Waals surface area contributed by atoms with Crippen LogP contribution in [0.2, 0.25) is 0 Å². The van der Waals surface area contributed by atoms with E-state index in [1.54, 1.807) is 0 Å². The number of allylic oxidation sites excluding steroid dienone is 2. The van der Waals surface area contributed by atoms with Crippen LogP contribution in [-0.4, -0.2) is 28.9 Å². The van der Waals surface area contributed by atoms with Gasteiger partial charge in [0, 0.05) is 18.3 Å². The van der Waals surface area contributed by atoms with Crippen molar-refractivity contribution in [3.8, 4) is 0 Å². The summed E-state index contributed by atoms with van der Waals surface area (Å²) < 4.78 is 5.82. The number of carboxylic acid groups (broad SMARTS) is 1. The summed E-state index contributed by atoms with van der Waals surface area (Å²) in [7, 11) is 0. The van der Waals surface area contributed by atoms with E-state index in [1.807, 2.05) is 13.0 Å². The monoisotopic (exact) mass is 512 g/mol. The minimum absolute atomic E-state index is 0.0644. The van der Waals surface area contributed by atoms with Crippen molar-refractivity contribution >= 4 is 17.7 Å². The number of rotatable bonds is 2. The van der Waals surface area contributed by atoms with E-state index in [0.717, 1.165) is 44.9 Å². The Bertz CT molecular complexity index is 1070. The molecule has 9 atom stereocenters. The Morgan fingerprint density at radius 3 is 2.19 bits per heavy atom. The number of hydrogen-bond donors (Lipinski definition) is 1. The van der Waals surface area contributed by atoms with Gasteiger partial charge in [-0.05, 0) is 104 Å². The molecule has 0 aromatic carbocycles. The van der Waals surface area contributed by atoms with Gasteiger partial charge in [0.1, 0.15) is 6.10 Å². The maximum Gasteiger partial charge on any atom is 0.309 e. The van der Waals surface area contributed by atoms with Crippen LogP contribution in [0.1, 0.15) is 113 Å². The first-order valence-corrected chi connectivity index (χ1v) is 14.6. The molecule has 1 N–H and O–H groups in total. The third-order valence-electron chi connectivity index (χ3n) is 13.3. The predicted molar refractivity (Wildman–Crippen MR) is 143 cm³/mol. The smallest absolute Gasteiger partial charge is 0.309 e. The summed E-state index contributed by atoms with van der Waals surface area (Å²) in [6, 6.07) is 0. The highest BCUT2D eigenvalue weighted by molar-refractivity contribution is 5.95. The second kappa shape index (κ2) is 7.94. The van der Waals surface area contributed by atoms with Crippen LogP contribution < -0.4 is 0 Å². The topological polar surface area (TPSA) is 80.7 Å². The summed E-state index contributed by atoms with van der Waals surface area (Å²) in [4.78, 5) is 38.5. The van der Waals surface area contributed by atoms with E-state index in [9.17, 15) is 19.5 Å². The van der Waals surface area contributed by atoms with Gasteiger partial charge < -0.3 is 9.84 Å². The molecule has 5 nitrogen and oxygen atoms in total. The number of fused-ring (bicyclic) bond motifs is 7. The Labute approximate surface area is 223 Å². The van der Waals surface area contributed by atoms with E-state index in [2.05, 4.69) is 41.5 Å². The first-order valence-electron chi connectivity index (χ1n) is 14.6. The minimum atomic E-state index is -0.729. The Kier molecular flexibility index (Phi) is 5.78. The van der Waals surface area contributed by atoms with Gasteiger partial charge in [0.2, 0.25) is 0 Å². The standard InChI is InChI=1S/C32H48O5/c1-19(33)37-24-10-11-30(6)23(27(24,2)3)9-12-32(8)25(30)22(34)17-20-21-18-29(5,26(35)36)14-13-28(21,4)15-16-31(20,32)7/h17,21,23-25H,9-16,18H2,1-8H3,(H,35,36)/t21-,23-,24-,25+,28+,29?,30-,31+,32+/m0/s1. The third kappa shape index (κ3) is 3.43. The molecule has 5 heteroatoms. The maximum atomic E-state index is 14.4. The molecule has 5 aliphatic carbocycles. The Morgan fingerprint density at radius 2 is 1.57 bits per heavy atom. The van der Waals surface area contributed by atoms with Gasteiger partial charge in [0.15, 0.2) is 5.78 Å². The highest BCUT2D eigenvalue weighted by Gasteiger charge is 2.70. The number of carbonyl (C=O) groups excluding carboxylic acids is 2. The van der Waals surface area contributed by atoms with Crippen LogP contribution in [0.5, 0.6) is 0 Å². The number of esters is 1. The molecule has 0 heterocycles. The lowest BCUT2D eigenvalue weighted by atomic mass is 9.33. The first-order chi connectivity index (χ1) is 16.9. The molecule has 0 aromatic rings. The van der Waals surface area contributed by atoms with Gasteiger partial charge in [-0.25, -0.2) is 0 Å². The fourth-order valence-electron chi connectivity index (χ4n) is 10.8. The Balaban J connectivity index is 1.58. The lowest BCUT2D eigenvalue weighted by Crippen LogP contribution is -2.66. The summed E-state index contributed by atoms with van der Waals surface area (Å²) in [5.41, 5.74) is -0.0327. The molecular weight excluding hydrogens is 464 g/mol. The Hall–Kier alpha value is -1.65. The van der Waals surface area contributed by atoms with Gasteiger partial charge in [0.25, 0.3) is 0 Å². The molecular formula is C32H48O5. The fraction of sp³-hybridized carbons (Fsp3) is 0.844. The van der Waals surface area contributed by atoms with Gasteiger partial charge in [0.05, 0.1) is 5.41 Å². The molecule has 5 aliphatic rings. The molecule has 0 spiro atoms. The third-order valence-corrected chi connectivity index (χ3v) is 13.3. The molecule has 0 saturated heterocycles. The average Bonchev–Trinajstić information content (AvgIpc) is 2.78. The van der Waals surface area contributed by atoms with Crippen molar-refractivity contribution in [1.29, 1.82) is 0 Å². The van der Waals surface area contributed by atoms with Crippen molar-refractivity contribution < 1.29 is 24.2 Å². The Morgan fingerprint density at radius 1 is 0.919 bits per heavy atom. The molecule has 4 saturated carbocycles. The lowest BCUT2D eigenvalue weighted by Gasteiger charge is -2.70. The zero-order valence-corrected chi connectivity index (χ0v) is 24.3. The normalized spacial score (nSPS) is 50.5. The summed E-state index contributed by atoms with van der Waals surface area (Å²) >= 11 is 0. The number of ketones is 1. The predicted octanol–water partition coefficient (Wildman–Crippen LogP) is 6.98. The zero-order valence-electron chi connectivity index (χ0n) is 24.3. The lowest BCUT2D eigenvalue weighted by molar-refractivity contribution is -0.210. The average molecular weight is 513 g/mol. The molecule has 0 aromatic heterocycles. The van der Waals surface area contributed by atoms with Crippen LogP contribution in [0.3, 0.4) is 0 Å². The van der Waals surface area contributed by atoms with Crippen molar-refractivity contribution in [2.45, 2.75) is 119 Å². The molecule has 206 valence electrons. The van der Waals surface area contributed by atoms with Crippen molar-refractivity contribution in [3.05, 3.63) is 11.6 Å². The quantitative estimate of drug-likeness (QED) is 0.404. The number of ether oxygens (including phenoxy) is 1. The highest BCUT2D eigenvalue weighted by atomic mass is 16.5. The summed E-state index contributed by atoms with van der Waals surface area (Å²) in [5, 5.41) is 10.1. The highest BCUT2D eigenvalue weighted by Crippen LogP contribution is 2.75. The van der Waals surface area contributed by atoms with Crippen LogP contribution >= 0.6 is 0 Å². The number of hydrogen-bond acceptors (Lipinski definition) is 4. The second-order valence-corrected chi connectivity index (χ2v) is 15.5. The first kappa shape index (κ1) is 26.9. The maximum absolute atomic E-state index is 14.4. The van der Waals surface area contributed by atoms with Crippen molar-refractivity contribution in [2.24, 2.45) is 50.2 Å². The zero-order chi connectivity index (χ0) is 27.4. The van der Waals surface area contributed by atoms with Crippen molar-refractivity contribution in [3.63, 3.8) is 0 Å². The molecule has 5 rings (SSSR count). The van der Waals surface area contributed by atoms with Crippen LogP contribution in [0.4, 0.5) is 0 Å². The molecule has 4 fully saturated rings.